The SMILES string of the molecule is Cc1ccc2c(c1)CC(Cn1cnc(CNC3CC3)n1)O2. The van der Waals surface area contributed by atoms with E-state index >= 15 is 0 Å². The predicted molar refractivity (Wildman–Crippen MR) is 79.2 cm³/mol. The highest BCUT2D eigenvalue weighted by Crippen LogP contribution is 2.29. The van der Waals surface area contributed by atoms with E-state index in [2.05, 4.69) is 40.5 Å². The number of benzene rings is 1. The maximum atomic E-state index is 5.98. The van der Waals surface area contributed by atoms with E-state index < -0.39 is 0 Å². The fourth-order valence-corrected chi connectivity index (χ4v) is 2.78. The molecule has 1 saturated carbocycles. The van der Waals surface area contributed by atoms with Crippen LogP contribution in [0.5, 0.6) is 5.75 Å². The molecular formula is C16H20N4O. The summed E-state index contributed by atoms with van der Waals surface area (Å²) in [5, 5.41) is 7.95. The van der Waals surface area contributed by atoms with Crippen LogP contribution in [0.3, 0.4) is 0 Å². The Bertz CT molecular complexity index is 647. The Morgan fingerprint density at radius 2 is 2.29 bits per heavy atom. The third kappa shape index (κ3) is 2.93. The third-order valence-electron chi connectivity index (χ3n) is 4.06. The van der Waals surface area contributed by atoms with Gasteiger partial charge in [0.1, 0.15) is 18.2 Å². The molecule has 0 radical (unpaired) electrons. The molecule has 0 amide bonds. The molecule has 2 aliphatic rings. The van der Waals surface area contributed by atoms with Gasteiger partial charge in [-0.2, -0.15) is 5.10 Å². The molecule has 1 N–H and O–H groups in total. The first-order valence-electron chi connectivity index (χ1n) is 7.64. The number of fused-ring (bicyclic) bond motifs is 1. The summed E-state index contributed by atoms with van der Waals surface area (Å²) in [5.41, 5.74) is 2.59. The van der Waals surface area contributed by atoms with Crippen molar-refractivity contribution >= 4 is 0 Å². The van der Waals surface area contributed by atoms with Gasteiger partial charge < -0.3 is 10.1 Å². The van der Waals surface area contributed by atoms with E-state index in [9.17, 15) is 0 Å². The van der Waals surface area contributed by atoms with Crippen LogP contribution >= 0.6 is 0 Å². The second-order valence-electron chi connectivity index (χ2n) is 6.09. The Labute approximate surface area is 124 Å². The zero-order valence-electron chi connectivity index (χ0n) is 12.2. The molecule has 1 unspecified atom stereocenters. The highest BCUT2D eigenvalue weighted by Gasteiger charge is 2.24. The Morgan fingerprint density at radius 1 is 1.38 bits per heavy atom. The maximum absolute atomic E-state index is 5.98. The molecule has 110 valence electrons. The molecule has 0 bridgehead atoms. The van der Waals surface area contributed by atoms with E-state index in [1.165, 1.54) is 24.0 Å². The van der Waals surface area contributed by atoms with Crippen LogP contribution in [0.4, 0.5) is 0 Å². The van der Waals surface area contributed by atoms with Crippen molar-refractivity contribution in [2.45, 2.75) is 51.4 Å². The van der Waals surface area contributed by atoms with E-state index in [0.29, 0.717) is 6.04 Å². The van der Waals surface area contributed by atoms with Crippen LogP contribution in [0.25, 0.3) is 0 Å². The number of aryl methyl sites for hydroxylation is 1. The lowest BCUT2D eigenvalue weighted by molar-refractivity contribution is 0.203. The van der Waals surface area contributed by atoms with E-state index in [1.54, 1.807) is 0 Å². The maximum Gasteiger partial charge on any atom is 0.164 e. The normalized spacial score (nSPS) is 20.3. The molecule has 1 fully saturated rings. The van der Waals surface area contributed by atoms with E-state index in [1.807, 2.05) is 11.0 Å². The van der Waals surface area contributed by atoms with Gasteiger partial charge in [-0.3, -0.25) is 0 Å². The summed E-state index contributed by atoms with van der Waals surface area (Å²) in [5.74, 6) is 1.88. The van der Waals surface area contributed by atoms with Crippen molar-refractivity contribution in [2.75, 3.05) is 0 Å². The van der Waals surface area contributed by atoms with Crippen molar-refractivity contribution < 1.29 is 4.74 Å². The van der Waals surface area contributed by atoms with Crippen molar-refractivity contribution in [1.82, 2.24) is 20.1 Å². The summed E-state index contributed by atoms with van der Waals surface area (Å²) in [4.78, 5) is 4.36. The van der Waals surface area contributed by atoms with Crippen molar-refractivity contribution in [3.05, 3.63) is 41.5 Å². The lowest BCUT2D eigenvalue weighted by atomic mass is 10.1. The second kappa shape index (κ2) is 5.15. The zero-order valence-corrected chi connectivity index (χ0v) is 12.2. The van der Waals surface area contributed by atoms with Crippen molar-refractivity contribution in [3.8, 4) is 5.75 Å². The van der Waals surface area contributed by atoms with Crippen LogP contribution in [0.1, 0.15) is 29.8 Å². The molecule has 0 spiro atoms. The number of hydrogen-bond acceptors (Lipinski definition) is 4. The largest absolute Gasteiger partial charge is 0.488 e. The van der Waals surface area contributed by atoms with Crippen LogP contribution in [0.15, 0.2) is 24.5 Å². The molecule has 4 rings (SSSR count). The average Bonchev–Trinajstić information content (AvgIpc) is 3.05. The number of aromatic nitrogens is 3. The van der Waals surface area contributed by atoms with Gasteiger partial charge in [0.15, 0.2) is 5.82 Å². The molecule has 21 heavy (non-hydrogen) atoms. The summed E-state index contributed by atoms with van der Waals surface area (Å²) in [6.07, 6.45) is 5.49. The number of rotatable bonds is 5. The molecule has 1 atom stereocenters. The molecule has 1 aromatic heterocycles. The molecule has 1 aliphatic carbocycles. The molecule has 1 aromatic carbocycles. The standard InChI is InChI=1S/C16H20N4O/c1-11-2-5-15-12(6-11)7-14(21-15)9-20-10-18-16(19-20)8-17-13-3-4-13/h2,5-6,10,13-14,17H,3-4,7-9H2,1H3. The minimum atomic E-state index is 0.160. The molecule has 5 nitrogen and oxygen atoms in total. The molecule has 2 heterocycles. The topological polar surface area (TPSA) is 52.0 Å². The smallest absolute Gasteiger partial charge is 0.164 e. The highest BCUT2D eigenvalue weighted by molar-refractivity contribution is 5.40. The van der Waals surface area contributed by atoms with E-state index in [-0.39, 0.29) is 6.10 Å². The molecule has 1 aliphatic heterocycles. The van der Waals surface area contributed by atoms with Crippen LogP contribution in [0.2, 0.25) is 0 Å². The van der Waals surface area contributed by atoms with Gasteiger partial charge >= 0.3 is 0 Å². The summed E-state index contributed by atoms with van der Waals surface area (Å²) < 4.78 is 7.88. The number of nitrogens with zero attached hydrogens (tertiary/aromatic N) is 3. The first kappa shape index (κ1) is 12.8. The van der Waals surface area contributed by atoms with Gasteiger partial charge in [0.2, 0.25) is 0 Å². The van der Waals surface area contributed by atoms with Crippen molar-refractivity contribution in [2.24, 2.45) is 0 Å². The van der Waals surface area contributed by atoms with E-state index in [4.69, 9.17) is 4.74 Å². The number of nitrogens with one attached hydrogen (secondary N) is 1. The average molecular weight is 284 g/mol. The van der Waals surface area contributed by atoms with Gasteiger partial charge in [0.05, 0.1) is 13.1 Å². The number of ether oxygens (including phenoxy) is 1. The Morgan fingerprint density at radius 3 is 3.14 bits per heavy atom. The monoisotopic (exact) mass is 284 g/mol. The first-order chi connectivity index (χ1) is 10.3. The van der Waals surface area contributed by atoms with Gasteiger partial charge in [-0.05, 0) is 31.4 Å². The molecule has 2 aromatic rings. The lowest BCUT2D eigenvalue weighted by Gasteiger charge is -2.09. The van der Waals surface area contributed by atoms with Crippen molar-refractivity contribution in [1.29, 1.82) is 0 Å². The summed E-state index contributed by atoms with van der Waals surface area (Å²) in [7, 11) is 0. The lowest BCUT2D eigenvalue weighted by Crippen LogP contribution is -2.21. The zero-order chi connectivity index (χ0) is 14.2. The van der Waals surface area contributed by atoms with Crippen molar-refractivity contribution in [3.63, 3.8) is 0 Å². The first-order valence-corrected chi connectivity index (χ1v) is 7.64. The summed E-state index contributed by atoms with van der Waals surface area (Å²) in [6, 6.07) is 7.06. The Balaban J connectivity index is 1.36. The van der Waals surface area contributed by atoms with Gasteiger partial charge in [0, 0.05) is 12.5 Å². The van der Waals surface area contributed by atoms with Crippen LogP contribution in [-0.2, 0) is 19.5 Å². The van der Waals surface area contributed by atoms with Crippen LogP contribution in [0, 0.1) is 6.92 Å². The minimum Gasteiger partial charge on any atom is -0.488 e. The van der Waals surface area contributed by atoms with E-state index in [0.717, 1.165) is 31.1 Å². The molecule has 5 heteroatoms. The summed E-state index contributed by atoms with van der Waals surface area (Å²) >= 11 is 0. The Kier molecular flexibility index (Phi) is 3.15. The highest BCUT2D eigenvalue weighted by atomic mass is 16.5. The third-order valence-corrected chi connectivity index (χ3v) is 4.06. The Hall–Kier alpha value is -1.88. The summed E-state index contributed by atoms with van der Waals surface area (Å²) in [6.45, 7) is 3.64. The second-order valence-corrected chi connectivity index (χ2v) is 6.09. The van der Waals surface area contributed by atoms with Crippen LogP contribution < -0.4 is 10.1 Å². The van der Waals surface area contributed by atoms with Gasteiger partial charge in [-0.1, -0.05) is 17.7 Å². The fourth-order valence-electron chi connectivity index (χ4n) is 2.78. The molecular weight excluding hydrogens is 264 g/mol. The predicted octanol–water partition coefficient (Wildman–Crippen LogP) is 1.84. The van der Waals surface area contributed by atoms with Gasteiger partial charge in [-0.25, -0.2) is 9.67 Å². The molecule has 0 saturated heterocycles. The minimum absolute atomic E-state index is 0.160. The van der Waals surface area contributed by atoms with Gasteiger partial charge in [-0.15, -0.1) is 0 Å². The fraction of sp³-hybridized carbons (Fsp3) is 0.500. The quantitative estimate of drug-likeness (QED) is 0.910. The van der Waals surface area contributed by atoms with Gasteiger partial charge in [0.25, 0.3) is 0 Å². The number of hydrogen-bond donors (Lipinski definition) is 1. The van der Waals surface area contributed by atoms with Crippen LogP contribution in [-0.4, -0.2) is 26.9 Å².